The summed E-state index contributed by atoms with van der Waals surface area (Å²) in [5.74, 6) is 0. The molecule has 1 aromatic carbocycles. The molecule has 0 aliphatic carbocycles. The minimum atomic E-state index is 0.0772. The van der Waals surface area contributed by atoms with E-state index in [0.717, 1.165) is 21.4 Å². The lowest BCUT2D eigenvalue weighted by Gasteiger charge is -2.14. The molecular weight excluding hydrogens is 290 g/mol. The molecule has 5 nitrogen and oxygen atoms in total. The van der Waals surface area contributed by atoms with Crippen LogP contribution in [-0.4, -0.2) is 26.3 Å². The number of rotatable bonds is 5. The van der Waals surface area contributed by atoms with E-state index in [9.17, 15) is 0 Å². The van der Waals surface area contributed by atoms with E-state index in [1.807, 2.05) is 18.2 Å². The van der Waals surface area contributed by atoms with Crippen molar-refractivity contribution in [3.63, 3.8) is 0 Å². The lowest BCUT2D eigenvalue weighted by Crippen LogP contribution is -2.21. The van der Waals surface area contributed by atoms with E-state index in [4.69, 9.17) is 0 Å². The van der Waals surface area contributed by atoms with Crippen LogP contribution in [0.2, 0.25) is 0 Å². The van der Waals surface area contributed by atoms with Crippen molar-refractivity contribution in [2.75, 3.05) is 6.54 Å². The first-order valence-electron chi connectivity index (χ1n) is 6.28. The van der Waals surface area contributed by atoms with Crippen molar-refractivity contribution in [3.8, 4) is 9.88 Å². The van der Waals surface area contributed by atoms with Crippen LogP contribution in [0.5, 0.6) is 0 Å². The predicted octanol–water partition coefficient (Wildman–Crippen LogP) is 2.76. The molecule has 0 bridgehead atoms. The van der Waals surface area contributed by atoms with E-state index in [2.05, 4.69) is 44.2 Å². The van der Waals surface area contributed by atoms with Crippen molar-refractivity contribution in [2.24, 2.45) is 0 Å². The molecule has 3 rings (SSSR count). The standard InChI is InChI=1S/C13H13N5S2/c1-2-14-11(9-6-4-3-5-7-9)13-17-16-12(19-13)10-8-15-18-20-10/h3-8,11,14H,2H2,1H3. The zero-order valence-electron chi connectivity index (χ0n) is 10.9. The summed E-state index contributed by atoms with van der Waals surface area (Å²) in [7, 11) is 0. The number of benzene rings is 1. The molecule has 1 N–H and O–H groups in total. The summed E-state index contributed by atoms with van der Waals surface area (Å²) in [5, 5.41) is 17.7. The highest BCUT2D eigenvalue weighted by molar-refractivity contribution is 7.19. The largest absolute Gasteiger partial charge is 0.304 e. The van der Waals surface area contributed by atoms with Crippen LogP contribution in [0.4, 0.5) is 0 Å². The lowest BCUT2D eigenvalue weighted by atomic mass is 10.1. The molecule has 2 heterocycles. The molecule has 0 saturated heterocycles. The quantitative estimate of drug-likeness (QED) is 0.785. The zero-order chi connectivity index (χ0) is 13.8. The molecular formula is C13H13N5S2. The van der Waals surface area contributed by atoms with Crippen LogP contribution < -0.4 is 5.32 Å². The van der Waals surface area contributed by atoms with Crippen molar-refractivity contribution >= 4 is 22.9 Å². The van der Waals surface area contributed by atoms with E-state index in [-0.39, 0.29) is 6.04 Å². The maximum absolute atomic E-state index is 4.32. The third kappa shape index (κ3) is 2.74. The van der Waals surface area contributed by atoms with Gasteiger partial charge in [-0.15, -0.1) is 15.3 Å². The highest BCUT2D eigenvalue weighted by Crippen LogP contribution is 2.30. The summed E-state index contributed by atoms with van der Waals surface area (Å²) in [6, 6.07) is 10.4. The Morgan fingerprint density at radius 1 is 1.20 bits per heavy atom. The van der Waals surface area contributed by atoms with Gasteiger partial charge in [0.05, 0.1) is 12.2 Å². The second-order valence-corrected chi connectivity index (χ2v) is 5.92. The van der Waals surface area contributed by atoms with Gasteiger partial charge in [-0.25, -0.2) is 0 Å². The van der Waals surface area contributed by atoms with Crippen LogP contribution in [-0.2, 0) is 0 Å². The van der Waals surface area contributed by atoms with Gasteiger partial charge in [-0.1, -0.05) is 53.1 Å². The van der Waals surface area contributed by atoms with Crippen molar-refractivity contribution < 1.29 is 0 Å². The number of aromatic nitrogens is 4. The van der Waals surface area contributed by atoms with Crippen LogP contribution in [0.3, 0.4) is 0 Å². The van der Waals surface area contributed by atoms with E-state index in [0.29, 0.717) is 0 Å². The summed E-state index contributed by atoms with van der Waals surface area (Å²) < 4.78 is 3.86. The maximum atomic E-state index is 4.32. The van der Waals surface area contributed by atoms with E-state index in [1.165, 1.54) is 17.1 Å². The van der Waals surface area contributed by atoms with Gasteiger partial charge in [-0.05, 0) is 23.6 Å². The highest BCUT2D eigenvalue weighted by Gasteiger charge is 2.19. The van der Waals surface area contributed by atoms with Gasteiger partial charge >= 0.3 is 0 Å². The molecule has 0 radical (unpaired) electrons. The molecule has 1 unspecified atom stereocenters. The first kappa shape index (κ1) is 13.3. The van der Waals surface area contributed by atoms with Crippen molar-refractivity contribution in [2.45, 2.75) is 13.0 Å². The molecule has 3 aromatic rings. The van der Waals surface area contributed by atoms with Gasteiger partial charge in [0, 0.05) is 0 Å². The first-order valence-corrected chi connectivity index (χ1v) is 7.87. The number of hydrogen-bond acceptors (Lipinski definition) is 7. The molecule has 7 heteroatoms. The molecule has 2 aromatic heterocycles. The molecule has 102 valence electrons. The van der Waals surface area contributed by atoms with Crippen LogP contribution >= 0.6 is 22.9 Å². The fraction of sp³-hybridized carbons (Fsp3) is 0.231. The normalized spacial score (nSPS) is 12.4. The van der Waals surface area contributed by atoms with E-state index < -0.39 is 0 Å². The molecule has 1 atom stereocenters. The lowest BCUT2D eigenvalue weighted by molar-refractivity contribution is 0.621. The fourth-order valence-electron chi connectivity index (χ4n) is 1.91. The molecule has 20 heavy (non-hydrogen) atoms. The molecule has 0 spiro atoms. The van der Waals surface area contributed by atoms with Gasteiger partial charge < -0.3 is 5.32 Å². The minimum absolute atomic E-state index is 0.0772. The van der Waals surface area contributed by atoms with E-state index in [1.54, 1.807) is 17.5 Å². The fourth-order valence-corrected chi connectivity index (χ4v) is 3.39. The van der Waals surface area contributed by atoms with Crippen molar-refractivity contribution in [3.05, 3.63) is 47.1 Å². The zero-order valence-corrected chi connectivity index (χ0v) is 12.5. The number of nitrogens with zero attached hydrogens (tertiary/aromatic N) is 4. The highest BCUT2D eigenvalue weighted by atomic mass is 32.1. The van der Waals surface area contributed by atoms with Crippen LogP contribution in [0.25, 0.3) is 9.88 Å². The number of hydrogen-bond donors (Lipinski definition) is 1. The van der Waals surface area contributed by atoms with Gasteiger partial charge in [0.15, 0.2) is 5.01 Å². The Labute approximate surface area is 124 Å². The first-order chi connectivity index (χ1) is 9.88. The van der Waals surface area contributed by atoms with Crippen LogP contribution in [0.15, 0.2) is 36.5 Å². The van der Waals surface area contributed by atoms with Gasteiger partial charge in [0.25, 0.3) is 0 Å². The Balaban J connectivity index is 1.92. The Morgan fingerprint density at radius 3 is 2.75 bits per heavy atom. The minimum Gasteiger partial charge on any atom is -0.304 e. The second-order valence-electron chi connectivity index (χ2n) is 4.13. The Hall–Kier alpha value is -1.70. The molecule has 0 fully saturated rings. The maximum Gasteiger partial charge on any atom is 0.161 e. The van der Waals surface area contributed by atoms with Gasteiger partial charge in [0.2, 0.25) is 0 Å². The van der Waals surface area contributed by atoms with Crippen molar-refractivity contribution in [1.82, 2.24) is 25.1 Å². The summed E-state index contributed by atoms with van der Waals surface area (Å²) in [6.45, 7) is 2.96. The van der Waals surface area contributed by atoms with Gasteiger partial charge in [-0.2, -0.15) is 0 Å². The average molecular weight is 303 g/mol. The SMILES string of the molecule is CCNC(c1ccccc1)c1nnc(-c2cnns2)s1. The molecule has 0 saturated carbocycles. The molecule has 0 aliphatic heterocycles. The average Bonchev–Trinajstić information content (AvgIpc) is 3.16. The Morgan fingerprint density at radius 2 is 2.05 bits per heavy atom. The number of nitrogens with one attached hydrogen (secondary N) is 1. The smallest absolute Gasteiger partial charge is 0.161 e. The van der Waals surface area contributed by atoms with E-state index >= 15 is 0 Å². The summed E-state index contributed by atoms with van der Waals surface area (Å²) in [5.41, 5.74) is 1.19. The van der Waals surface area contributed by atoms with Crippen LogP contribution in [0.1, 0.15) is 23.5 Å². The molecule has 0 amide bonds. The summed E-state index contributed by atoms with van der Waals surface area (Å²) >= 11 is 2.92. The third-order valence-corrected chi connectivity index (χ3v) is 4.62. The summed E-state index contributed by atoms with van der Waals surface area (Å²) in [4.78, 5) is 0.956. The topological polar surface area (TPSA) is 63.6 Å². The van der Waals surface area contributed by atoms with Gasteiger partial charge in [0.1, 0.15) is 9.88 Å². The van der Waals surface area contributed by atoms with Crippen LogP contribution in [0, 0.1) is 0 Å². The monoisotopic (exact) mass is 303 g/mol. The summed E-state index contributed by atoms with van der Waals surface area (Å²) in [6.07, 6.45) is 1.72. The Bertz CT molecular complexity index is 650. The Kier molecular flexibility index (Phi) is 4.10. The third-order valence-electron chi connectivity index (χ3n) is 2.80. The molecule has 0 aliphatic rings. The predicted molar refractivity (Wildman–Crippen MR) is 80.8 cm³/mol. The second kappa shape index (κ2) is 6.17. The van der Waals surface area contributed by atoms with Crippen molar-refractivity contribution in [1.29, 1.82) is 0 Å². The van der Waals surface area contributed by atoms with Gasteiger partial charge in [-0.3, -0.25) is 0 Å².